The van der Waals surface area contributed by atoms with E-state index in [2.05, 4.69) is 15.5 Å². The van der Waals surface area contributed by atoms with E-state index in [1.165, 1.54) is 11.8 Å². The number of thioether (sulfide) groups is 1. The molecule has 0 aliphatic rings. The van der Waals surface area contributed by atoms with Crippen LogP contribution in [-0.4, -0.2) is 33.0 Å². The number of rotatable bonds is 8. The van der Waals surface area contributed by atoms with Crippen LogP contribution in [0.1, 0.15) is 24.5 Å². The summed E-state index contributed by atoms with van der Waals surface area (Å²) in [6, 6.07) is 11.5. The third-order valence-electron chi connectivity index (χ3n) is 4.16. The topological polar surface area (TPSA) is 69.0 Å². The third kappa shape index (κ3) is 5.52. The van der Waals surface area contributed by atoms with E-state index in [0.717, 1.165) is 23.2 Å². The highest BCUT2D eigenvalue weighted by molar-refractivity contribution is 7.99. The fourth-order valence-electron chi connectivity index (χ4n) is 2.61. The summed E-state index contributed by atoms with van der Waals surface area (Å²) in [6.45, 7) is 6.58. The molecule has 152 valence electrons. The smallest absolute Gasteiger partial charge is 0.234 e. The van der Waals surface area contributed by atoms with E-state index in [1.54, 1.807) is 6.33 Å². The van der Waals surface area contributed by atoms with Crippen LogP contribution in [0.3, 0.4) is 0 Å². The first-order valence-electron chi connectivity index (χ1n) is 9.30. The number of nitrogens with one attached hydrogen (secondary N) is 1. The average Bonchev–Trinajstić information content (AvgIpc) is 3.17. The van der Waals surface area contributed by atoms with Crippen molar-refractivity contribution in [1.82, 2.24) is 14.8 Å². The van der Waals surface area contributed by atoms with E-state index in [-0.39, 0.29) is 11.7 Å². The van der Waals surface area contributed by atoms with Crippen molar-refractivity contribution in [3.8, 4) is 11.4 Å². The minimum absolute atomic E-state index is 0.142. The standard InChI is InChI=1S/C21H23ClN4O2S/c1-4-9-28-19-10-14(2)5-8-18(19)24-20(27)12-29-21-25-23-13-26(21)16-7-6-15(3)17(22)11-16/h5-8,10-11,13H,4,9,12H2,1-3H3,(H,24,27). The summed E-state index contributed by atoms with van der Waals surface area (Å²) >= 11 is 7.53. The fraction of sp³-hybridized carbons (Fsp3) is 0.286. The summed E-state index contributed by atoms with van der Waals surface area (Å²) in [7, 11) is 0. The molecule has 0 saturated carbocycles. The second-order valence-electron chi connectivity index (χ2n) is 6.60. The van der Waals surface area contributed by atoms with Gasteiger partial charge in [0.2, 0.25) is 5.91 Å². The Bertz CT molecular complexity index is 1010. The van der Waals surface area contributed by atoms with Crippen LogP contribution in [0.4, 0.5) is 5.69 Å². The highest BCUT2D eigenvalue weighted by atomic mass is 35.5. The van der Waals surface area contributed by atoms with Gasteiger partial charge in [-0.2, -0.15) is 0 Å². The highest BCUT2D eigenvalue weighted by Gasteiger charge is 2.13. The Morgan fingerprint density at radius 1 is 1.24 bits per heavy atom. The maximum Gasteiger partial charge on any atom is 0.234 e. The molecule has 0 fully saturated rings. The van der Waals surface area contributed by atoms with Crippen LogP contribution in [0.5, 0.6) is 5.75 Å². The van der Waals surface area contributed by atoms with Gasteiger partial charge >= 0.3 is 0 Å². The molecular weight excluding hydrogens is 408 g/mol. The van der Waals surface area contributed by atoms with Crippen molar-refractivity contribution in [1.29, 1.82) is 0 Å². The van der Waals surface area contributed by atoms with Crippen molar-refractivity contribution < 1.29 is 9.53 Å². The van der Waals surface area contributed by atoms with Crippen LogP contribution < -0.4 is 10.1 Å². The number of ether oxygens (including phenoxy) is 1. The number of amides is 1. The third-order valence-corrected chi connectivity index (χ3v) is 5.51. The number of anilines is 1. The molecule has 0 aliphatic carbocycles. The quantitative estimate of drug-likeness (QED) is 0.506. The summed E-state index contributed by atoms with van der Waals surface area (Å²) in [5, 5.41) is 12.3. The van der Waals surface area contributed by atoms with Gasteiger partial charge in [-0.05, 0) is 55.7 Å². The first kappa shape index (κ1) is 21.2. The van der Waals surface area contributed by atoms with Gasteiger partial charge in [0, 0.05) is 5.02 Å². The van der Waals surface area contributed by atoms with Crippen molar-refractivity contribution in [3.63, 3.8) is 0 Å². The zero-order chi connectivity index (χ0) is 20.8. The number of hydrogen-bond donors (Lipinski definition) is 1. The van der Waals surface area contributed by atoms with Gasteiger partial charge in [-0.1, -0.05) is 42.4 Å². The van der Waals surface area contributed by atoms with Crippen LogP contribution in [0.15, 0.2) is 47.9 Å². The number of hydrogen-bond acceptors (Lipinski definition) is 5. The molecule has 0 bridgehead atoms. The predicted octanol–water partition coefficient (Wildman–Crippen LogP) is 5.06. The zero-order valence-electron chi connectivity index (χ0n) is 16.6. The Balaban J connectivity index is 1.67. The lowest BCUT2D eigenvalue weighted by atomic mass is 10.2. The summed E-state index contributed by atoms with van der Waals surface area (Å²) in [6.07, 6.45) is 2.51. The lowest BCUT2D eigenvalue weighted by molar-refractivity contribution is -0.113. The molecular formula is C21H23ClN4O2S. The molecule has 3 rings (SSSR count). The largest absolute Gasteiger partial charge is 0.491 e. The van der Waals surface area contributed by atoms with E-state index in [1.807, 2.05) is 61.7 Å². The number of aryl methyl sites for hydroxylation is 2. The SMILES string of the molecule is CCCOc1cc(C)ccc1NC(=O)CSc1nncn1-c1ccc(C)c(Cl)c1. The van der Waals surface area contributed by atoms with Crippen molar-refractivity contribution in [2.24, 2.45) is 0 Å². The lowest BCUT2D eigenvalue weighted by Gasteiger charge is -2.13. The maximum absolute atomic E-state index is 12.5. The Labute approximate surface area is 179 Å². The summed E-state index contributed by atoms with van der Waals surface area (Å²) in [4.78, 5) is 12.5. The number of halogens is 1. The van der Waals surface area contributed by atoms with Crippen molar-refractivity contribution in [2.45, 2.75) is 32.3 Å². The van der Waals surface area contributed by atoms with E-state index in [4.69, 9.17) is 16.3 Å². The summed E-state index contributed by atoms with van der Waals surface area (Å²) in [5.41, 5.74) is 3.59. The molecule has 6 nitrogen and oxygen atoms in total. The summed E-state index contributed by atoms with van der Waals surface area (Å²) < 4.78 is 7.57. The van der Waals surface area contributed by atoms with Crippen molar-refractivity contribution >= 4 is 35.0 Å². The minimum atomic E-state index is -0.142. The van der Waals surface area contributed by atoms with Crippen molar-refractivity contribution in [3.05, 3.63) is 58.9 Å². The van der Waals surface area contributed by atoms with Crippen LogP contribution in [-0.2, 0) is 4.79 Å². The molecule has 1 heterocycles. The zero-order valence-corrected chi connectivity index (χ0v) is 18.2. The second-order valence-corrected chi connectivity index (χ2v) is 7.95. The van der Waals surface area contributed by atoms with Gasteiger partial charge in [0.25, 0.3) is 0 Å². The number of carbonyl (C=O) groups is 1. The van der Waals surface area contributed by atoms with Gasteiger partial charge < -0.3 is 10.1 Å². The molecule has 3 aromatic rings. The lowest BCUT2D eigenvalue weighted by Crippen LogP contribution is -2.15. The Hall–Kier alpha value is -2.51. The molecule has 0 unspecified atom stereocenters. The Morgan fingerprint density at radius 3 is 2.83 bits per heavy atom. The normalized spacial score (nSPS) is 10.8. The first-order chi connectivity index (χ1) is 14.0. The van der Waals surface area contributed by atoms with E-state index in [0.29, 0.717) is 28.2 Å². The van der Waals surface area contributed by atoms with E-state index >= 15 is 0 Å². The maximum atomic E-state index is 12.5. The molecule has 0 radical (unpaired) electrons. The molecule has 8 heteroatoms. The average molecular weight is 431 g/mol. The molecule has 1 N–H and O–H groups in total. The molecule has 0 spiro atoms. The first-order valence-corrected chi connectivity index (χ1v) is 10.7. The number of aromatic nitrogens is 3. The van der Waals surface area contributed by atoms with Crippen LogP contribution in [0.25, 0.3) is 5.69 Å². The van der Waals surface area contributed by atoms with Gasteiger partial charge in [-0.25, -0.2) is 0 Å². The second kappa shape index (κ2) is 9.80. The molecule has 0 saturated heterocycles. The molecule has 1 aromatic heterocycles. The number of benzene rings is 2. The highest BCUT2D eigenvalue weighted by Crippen LogP contribution is 2.27. The Morgan fingerprint density at radius 2 is 2.07 bits per heavy atom. The fourth-order valence-corrected chi connectivity index (χ4v) is 3.52. The Kier molecular flexibility index (Phi) is 7.17. The van der Waals surface area contributed by atoms with Crippen LogP contribution >= 0.6 is 23.4 Å². The van der Waals surface area contributed by atoms with Gasteiger partial charge in [-0.3, -0.25) is 9.36 Å². The van der Waals surface area contributed by atoms with E-state index < -0.39 is 0 Å². The number of carbonyl (C=O) groups excluding carboxylic acids is 1. The predicted molar refractivity (Wildman–Crippen MR) is 117 cm³/mol. The number of nitrogens with zero attached hydrogens (tertiary/aromatic N) is 3. The molecule has 0 atom stereocenters. The van der Waals surface area contributed by atoms with Gasteiger partial charge in [0.1, 0.15) is 12.1 Å². The van der Waals surface area contributed by atoms with E-state index in [9.17, 15) is 4.79 Å². The van der Waals surface area contributed by atoms with Crippen molar-refractivity contribution in [2.75, 3.05) is 17.7 Å². The molecule has 0 aliphatic heterocycles. The minimum Gasteiger partial charge on any atom is -0.491 e. The van der Waals surface area contributed by atoms with Gasteiger partial charge in [0.15, 0.2) is 5.16 Å². The summed E-state index contributed by atoms with van der Waals surface area (Å²) in [5.74, 6) is 0.735. The van der Waals surface area contributed by atoms with Crippen LogP contribution in [0.2, 0.25) is 5.02 Å². The molecule has 1 amide bonds. The van der Waals surface area contributed by atoms with Gasteiger partial charge in [-0.15, -0.1) is 10.2 Å². The van der Waals surface area contributed by atoms with Crippen LogP contribution in [0, 0.1) is 13.8 Å². The monoisotopic (exact) mass is 430 g/mol. The van der Waals surface area contributed by atoms with Gasteiger partial charge in [0.05, 0.1) is 23.7 Å². The molecule has 2 aromatic carbocycles. The molecule has 29 heavy (non-hydrogen) atoms.